The van der Waals surface area contributed by atoms with E-state index >= 15 is 0 Å². The molecule has 0 aromatic heterocycles. The highest BCUT2D eigenvalue weighted by molar-refractivity contribution is 5.93. The zero-order chi connectivity index (χ0) is 30.0. The minimum atomic E-state index is -0.969. The van der Waals surface area contributed by atoms with Crippen LogP contribution in [0.4, 0.5) is 0 Å². The molecule has 222 valence electrons. The molecule has 0 unspecified atom stereocenters. The molecule has 0 spiro atoms. The second kappa shape index (κ2) is 14.6. The van der Waals surface area contributed by atoms with Crippen molar-refractivity contribution in [2.24, 2.45) is 5.73 Å². The van der Waals surface area contributed by atoms with Crippen molar-refractivity contribution < 1.29 is 24.3 Å². The summed E-state index contributed by atoms with van der Waals surface area (Å²) in [6, 6.07) is 11.8. The minimum Gasteiger partial charge on any atom is -0.508 e. The van der Waals surface area contributed by atoms with Crippen molar-refractivity contribution in [1.82, 2.24) is 21.3 Å². The number of hydrogen-bond acceptors (Lipinski definition) is 6. The highest BCUT2D eigenvalue weighted by Crippen LogP contribution is 2.31. The summed E-state index contributed by atoms with van der Waals surface area (Å²) in [5.74, 6) is -1.41. The van der Waals surface area contributed by atoms with E-state index < -0.39 is 35.8 Å². The zero-order valence-corrected chi connectivity index (χ0v) is 24.2. The molecule has 3 rings (SSSR count). The maximum absolute atomic E-state index is 13.5. The number of carbonyl (C=O) groups is 4. The Morgan fingerprint density at radius 3 is 2.44 bits per heavy atom. The molecular formula is C31H43N5O5. The van der Waals surface area contributed by atoms with Crippen LogP contribution in [-0.2, 0) is 37.4 Å². The average Bonchev–Trinajstić information content (AvgIpc) is 2.92. The predicted molar refractivity (Wildman–Crippen MR) is 157 cm³/mol. The molecule has 0 radical (unpaired) electrons. The summed E-state index contributed by atoms with van der Waals surface area (Å²) in [5.41, 5.74) is 8.21. The van der Waals surface area contributed by atoms with Crippen molar-refractivity contribution in [3.05, 3.63) is 65.2 Å². The first kappa shape index (κ1) is 31.6. The number of carbonyl (C=O) groups excluding carboxylic acids is 4. The van der Waals surface area contributed by atoms with Crippen LogP contribution < -0.4 is 27.0 Å². The van der Waals surface area contributed by atoms with Crippen LogP contribution in [0.3, 0.4) is 0 Å². The molecule has 0 aliphatic carbocycles. The third-order valence-electron chi connectivity index (χ3n) is 7.10. The Morgan fingerprint density at radius 2 is 1.73 bits per heavy atom. The molecule has 7 N–H and O–H groups in total. The Balaban J connectivity index is 1.81. The van der Waals surface area contributed by atoms with Gasteiger partial charge >= 0.3 is 0 Å². The molecule has 10 nitrogen and oxygen atoms in total. The Hall–Kier alpha value is -3.92. The number of hydrogen-bond donors (Lipinski definition) is 6. The molecule has 2 aromatic carbocycles. The molecule has 3 atom stereocenters. The van der Waals surface area contributed by atoms with Crippen LogP contribution in [0.5, 0.6) is 5.75 Å². The number of rotatable bonds is 6. The quantitative estimate of drug-likeness (QED) is 0.312. The third kappa shape index (κ3) is 9.89. The Labute approximate surface area is 241 Å². The summed E-state index contributed by atoms with van der Waals surface area (Å²) in [6.45, 7) is 6.48. The van der Waals surface area contributed by atoms with Gasteiger partial charge in [0.1, 0.15) is 17.8 Å². The molecule has 1 fully saturated rings. The minimum absolute atomic E-state index is 0.119. The first-order chi connectivity index (χ1) is 19.4. The van der Waals surface area contributed by atoms with Gasteiger partial charge in [-0.2, -0.15) is 0 Å². The van der Waals surface area contributed by atoms with Crippen LogP contribution in [0.25, 0.3) is 0 Å². The summed E-state index contributed by atoms with van der Waals surface area (Å²) in [5, 5.41) is 21.5. The van der Waals surface area contributed by atoms with Crippen molar-refractivity contribution in [3.63, 3.8) is 0 Å². The first-order valence-electron chi connectivity index (χ1n) is 14.2. The van der Waals surface area contributed by atoms with Crippen LogP contribution in [0.15, 0.2) is 48.5 Å². The molecule has 10 heteroatoms. The average molecular weight is 566 g/mol. The van der Waals surface area contributed by atoms with E-state index in [2.05, 4.69) is 21.3 Å². The number of aromatic hydroxyl groups is 1. The van der Waals surface area contributed by atoms with E-state index in [0.29, 0.717) is 32.2 Å². The molecule has 0 bridgehead atoms. The van der Waals surface area contributed by atoms with Gasteiger partial charge in [-0.1, -0.05) is 63.2 Å². The van der Waals surface area contributed by atoms with Gasteiger partial charge in [-0.25, -0.2) is 0 Å². The van der Waals surface area contributed by atoms with Crippen molar-refractivity contribution in [2.75, 3.05) is 13.1 Å². The maximum Gasteiger partial charge on any atom is 0.243 e. The lowest BCUT2D eigenvalue weighted by Gasteiger charge is -2.26. The first-order valence-corrected chi connectivity index (χ1v) is 14.2. The van der Waals surface area contributed by atoms with Gasteiger partial charge in [0.05, 0.1) is 6.04 Å². The van der Waals surface area contributed by atoms with Crippen LogP contribution >= 0.6 is 0 Å². The molecule has 1 aliphatic rings. The van der Waals surface area contributed by atoms with Gasteiger partial charge in [0.25, 0.3) is 0 Å². The molecular weight excluding hydrogens is 522 g/mol. The number of nitrogens with one attached hydrogen (secondary N) is 4. The lowest BCUT2D eigenvalue weighted by atomic mass is 9.84. The Bertz CT molecular complexity index is 1210. The van der Waals surface area contributed by atoms with Gasteiger partial charge in [0.15, 0.2) is 0 Å². The van der Waals surface area contributed by atoms with Gasteiger partial charge < -0.3 is 32.1 Å². The molecule has 41 heavy (non-hydrogen) atoms. The monoisotopic (exact) mass is 565 g/mol. The van der Waals surface area contributed by atoms with E-state index in [9.17, 15) is 24.3 Å². The Morgan fingerprint density at radius 1 is 1.00 bits per heavy atom. The van der Waals surface area contributed by atoms with Crippen LogP contribution in [-0.4, -0.2) is 60.0 Å². The molecule has 2 aromatic rings. The fraction of sp³-hybridized carbons (Fsp3) is 0.484. The lowest BCUT2D eigenvalue weighted by Crippen LogP contribution is -2.56. The van der Waals surface area contributed by atoms with Gasteiger partial charge in [-0.3, -0.25) is 19.2 Å². The van der Waals surface area contributed by atoms with Crippen molar-refractivity contribution in [1.29, 1.82) is 0 Å². The molecule has 4 amide bonds. The van der Waals surface area contributed by atoms with Crippen LogP contribution in [0, 0.1) is 0 Å². The number of benzene rings is 2. The van der Waals surface area contributed by atoms with Gasteiger partial charge in [0.2, 0.25) is 23.6 Å². The van der Waals surface area contributed by atoms with Gasteiger partial charge in [-0.05, 0) is 53.9 Å². The number of phenolic OH excluding ortho intramolecular Hbond substituents is 1. The predicted octanol–water partition coefficient (Wildman–Crippen LogP) is 1.58. The van der Waals surface area contributed by atoms with E-state index in [0.717, 1.165) is 16.7 Å². The van der Waals surface area contributed by atoms with Crippen molar-refractivity contribution >= 4 is 23.6 Å². The molecule has 1 saturated heterocycles. The third-order valence-corrected chi connectivity index (χ3v) is 7.10. The van der Waals surface area contributed by atoms with E-state index in [1.54, 1.807) is 12.1 Å². The number of phenols is 1. The van der Waals surface area contributed by atoms with Crippen LogP contribution in [0.1, 0.15) is 63.1 Å². The summed E-state index contributed by atoms with van der Waals surface area (Å²) >= 11 is 0. The normalized spacial score (nSPS) is 20.1. The molecule has 1 aliphatic heterocycles. The van der Waals surface area contributed by atoms with Crippen LogP contribution in [0.2, 0.25) is 0 Å². The topological polar surface area (TPSA) is 163 Å². The maximum atomic E-state index is 13.5. The highest BCUT2D eigenvalue weighted by atomic mass is 16.3. The van der Waals surface area contributed by atoms with Crippen molar-refractivity contribution in [2.45, 2.75) is 82.8 Å². The van der Waals surface area contributed by atoms with E-state index in [-0.39, 0.29) is 36.5 Å². The fourth-order valence-electron chi connectivity index (χ4n) is 4.75. The molecule has 1 heterocycles. The second-order valence-corrected chi connectivity index (χ2v) is 11.6. The molecule has 0 saturated carbocycles. The summed E-state index contributed by atoms with van der Waals surface area (Å²) < 4.78 is 0. The van der Waals surface area contributed by atoms with Crippen molar-refractivity contribution in [3.8, 4) is 5.75 Å². The summed E-state index contributed by atoms with van der Waals surface area (Å²) in [7, 11) is 0. The van der Waals surface area contributed by atoms with E-state index in [1.165, 1.54) is 0 Å². The number of amides is 4. The summed E-state index contributed by atoms with van der Waals surface area (Å²) in [4.78, 5) is 51.9. The SMILES string of the molecule is CC(C)(C)c1cc(C[C@@H]2NC(=O)[C@H](NC(=O)[C@@H](N)Cc3ccccc3)CCCCNC(=O)CCNC2=O)ccc1O. The number of nitrogens with two attached hydrogens (primary N) is 1. The highest BCUT2D eigenvalue weighted by Gasteiger charge is 2.29. The van der Waals surface area contributed by atoms with Gasteiger partial charge in [0, 0.05) is 25.9 Å². The lowest BCUT2D eigenvalue weighted by molar-refractivity contribution is -0.132. The van der Waals surface area contributed by atoms with Gasteiger partial charge in [-0.15, -0.1) is 0 Å². The summed E-state index contributed by atoms with van der Waals surface area (Å²) in [6.07, 6.45) is 2.10. The van der Waals surface area contributed by atoms with E-state index in [1.807, 2.05) is 57.2 Å². The Kier molecular flexibility index (Phi) is 11.3. The van der Waals surface area contributed by atoms with E-state index in [4.69, 9.17) is 5.73 Å². The largest absolute Gasteiger partial charge is 0.508 e. The second-order valence-electron chi connectivity index (χ2n) is 11.6. The standard InChI is InChI=1S/C31H43N5O5/c1-31(2,3)22-17-21(12-13-26(22)37)19-25-29(40)34-16-14-27(38)33-15-8-7-11-24(30(41)36-25)35-28(39)23(32)18-20-9-5-4-6-10-20/h4-6,9-10,12-13,17,23-25,37H,7-8,11,14-16,18-19,32H2,1-3H3,(H,33,38)(H,34,40)(H,35,39)(H,36,41)/t23-,24+,25-/m0/s1. The zero-order valence-electron chi connectivity index (χ0n) is 24.2. The fourth-order valence-corrected chi connectivity index (χ4v) is 4.75. The smallest absolute Gasteiger partial charge is 0.243 e.